The summed E-state index contributed by atoms with van der Waals surface area (Å²) < 4.78 is 4.81. The minimum atomic E-state index is -1.71. The molecule has 0 bridgehead atoms. The lowest BCUT2D eigenvalue weighted by atomic mass is 9.97. The Morgan fingerprint density at radius 1 is 1.00 bits per heavy atom. The standard InChI is InChI=1S/2C8H15NO6/c1-3(11)9-5-7(13)6(12)4(2-10)15-8(5)14;1-4(12)9-5(2-10)7(14)8(15)6(13)3-11/h4-8,10,12-14H,2H2,1H3,(H,9,11);2,5-8,11,13-15H,3H2,1H3,(H,9,12)/t4-,5-,6-,7-,8?;5-,6+,7+,8+/m10/s1. The van der Waals surface area contributed by atoms with Crippen LogP contribution in [0.3, 0.4) is 0 Å². The summed E-state index contributed by atoms with van der Waals surface area (Å²) in [6, 6.07) is -2.42. The first-order valence-corrected chi connectivity index (χ1v) is 8.86. The van der Waals surface area contributed by atoms with E-state index in [1.807, 2.05) is 0 Å². The maximum Gasteiger partial charge on any atom is 0.217 e. The van der Waals surface area contributed by atoms with Gasteiger partial charge in [-0.2, -0.15) is 0 Å². The lowest BCUT2D eigenvalue weighted by Gasteiger charge is -2.40. The molecule has 14 nitrogen and oxygen atoms in total. The van der Waals surface area contributed by atoms with Gasteiger partial charge in [0.15, 0.2) is 6.29 Å². The minimum absolute atomic E-state index is 0.235. The second kappa shape index (κ2) is 13.5. The molecule has 2 amide bonds. The molecule has 0 aromatic rings. The number of nitrogens with one attached hydrogen (secondary N) is 2. The van der Waals surface area contributed by atoms with Crippen LogP contribution in [0.1, 0.15) is 13.8 Å². The fourth-order valence-corrected chi connectivity index (χ4v) is 2.47. The quantitative estimate of drug-likeness (QED) is 0.158. The lowest BCUT2D eigenvalue weighted by molar-refractivity contribution is -0.253. The van der Waals surface area contributed by atoms with Crippen molar-refractivity contribution in [3.05, 3.63) is 0 Å². The van der Waals surface area contributed by atoms with Gasteiger partial charge in [0.1, 0.15) is 55.0 Å². The molecule has 1 aliphatic heterocycles. The van der Waals surface area contributed by atoms with Crippen molar-refractivity contribution in [2.24, 2.45) is 0 Å². The van der Waals surface area contributed by atoms with Gasteiger partial charge in [-0.1, -0.05) is 0 Å². The molecule has 9 atom stereocenters. The number of carbonyl (C=O) groups is 3. The van der Waals surface area contributed by atoms with Gasteiger partial charge in [-0.3, -0.25) is 9.59 Å². The molecule has 176 valence electrons. The first-order valence-electron chi connectivity index (χ1n) is 8.86. The number of hydrogen-bond acceptors (Lipinski definition) is 12. The van der Waals surface area contributed by atoms with Gasteiger partial charge >= 0.3 is 0 Å². The lowest BCUT2D eigenvalue weighted by Crippen LogP contribution is -2.63. The van der Waals surface area contributed by atoms with Crippen LogP contribution in [-0.2, 0) is 19.1 Å². The maximum absolute atomic E-state index is 10.7. The normalized spacial score (nSPS) is 30.0. The van der Waals surface area contributed by atoms with Crippen LogP contribution < -0.4 is 10.6 Å². The SMILES string of the molecule is CC(=O)N[C@@H](C=O)[C@@H](O)[C@H](O)[C@H](O)CO.CC(=O)N[C@H]1C(O)O[C@H](CO)[C@@H](O)[C@@H]1O. The van der Waals surface area contributed by atoms with Gasteiger partial charge in [0.25, 0.3) is 0 Å². The van der Waals surface area contributed by atoms with Crippen LogP contribution in [0, 0.1) is 0 Å². The molecule has 1 heterocycles. The van der Waals surface area contributed by atoms with Crippen molar-refractivity contribution >= 4 is 18.1 Å². The summed E-state index contributed by atoms with van der Waals surface area (Å²) in [4.78, 5) is 31.8. The predicted molar refractivity (Wildman–Crippen MR) is 96.4 cm³/mol. The number of aliphatic hydroxyl groups is 8. The van der Waals surface area contributed by atoms with Crippen LogP contribution in [0.25, 0.3) is 0 Å². The summed E-state index contributed by atoms with van der Waals surface area (Å²) in [5.41, 5.74) is 0. The maximum atomic E-state index is 10.7. The summed E-state index contributed by atoms with van der Waals surface area (Å²) in [6.45, 7) is 1.06. The number of carbonyl (C=O) groups excluding carboxylic acids is 3. The van der Waals surface area contributed by atoms with Gasteiger partial charge in [-0.25, -0.2) is 0 Å². The Kier molecular flexibility index (Phi) is 12.7. The van der Waals surface area contributed by atoms with E-state index in [2.05, 4.69) is 10.6 Å². The molecular formula is C16H30N2O12. The van der Waals surface area contributed by atoms with E-state index in [1.54, 1.807) is 0 Å². The molecule has 0 spiro atoms. The molecule has 0 aromatic carbocycles. The molecule has 0 aromatic heterocycles. The zero-order chi connectivity index (χ0) is 23.6. The second-order valence-electron chi connectivity index (χ2n) is 6.55. The summed E-state index contributed by atoms with van der Waals surface area (Å²) in [6.07, 6.45) is -9.96. The average molecular weight is 442 g/mol. The summed E-state index contributed by atoms with van der Waals surface area (Å²) in [5, 5.41) is 77.5. The molecule has 0 radical (unpaired) electrons. The van der Waals surface area contributed by atoms with Crippen LogP contribution in [0.2, 0.25) is 0 Å². The van der Waals surface area contributed by atoms with Crippen LogP contribution in [0.5, 0.6) is 0 Å². The number of aldehydes is 1. The van der Waals surface area contributed by atoms with Crippen molar-refractivity contribution in [2.75, 3.05) is 13.2 Å². The first-order chi connectivity index (χ1) is 13.9. The van der Waals surface area contributed by atoms with E-state index in [1.165, 1.54) is 6.92 Å². The van der Waals surface area contributed by atoms with Gasteiger partial charge in [0.05, 0.1) is 13.2 Å². The van der Waals surface area contributed by atoms with E-state index in [-0.39, 0.29) is 6.29 Å². The van der Waals surface area contributed by atoms with E-state index < -0.39 is 80.0 Å². The van der Waals surface area contributed by atoms with E-state index in [9.17, 15) is 39.9 Å². The number of amides is 2. The van der Waals surface area contributed by atoms with Crippen molar-refractivity contribution in [3.8, 4) is 0 Å². The molecule has 1 aliphatic rings. The fraction of sp³-hybridized carbons (Fsp3) is 0.812. The zero-order valence-electron chi connectivity index (χ0n) is 16.4. The second-order valence-corrected chi connectivity index (χ2v) is 6.55. The molecule has 1 unspecified atom stereocenters. The van der Waals surface area contributed by atoms with Crippen LogP contribution in [-0.4, -0.2) is 127 Å². The molecule has 10 N–H and O–H groups in total. The van der Waals surface area contributed by atoms with Crippen molar-refractivity contribution < 1.29 is 60.0 Å². The Hall–Kier alpha value is -1.75. The Morgan fingerprint density at radius 3 is 1.97 bits per heavy atom. The zero-order valence-corrected chi connectivity index (χ0v) is 16.4. The summed E-state index contributed by atoms with van der Waals surface area (Å²) in [7, 11) is 0. The Bertz CT molecular complexity index is 550. The largest absolute Gasteiger partial charge is 0.394 e. The number of hydrogen-bond donors (Lipinski definition) is 10. The predicted octanol–water partition coefficient (Wildman–Crippen LogP) is -6.31. The molecule has 1 rings (SSSR count). The smallest absolute Gasteiger partial charge is 0.217 e. The van der Waals surface area contributed by atoms with E-state index >= 15 is 0 Å². The van der Waals surface area contributed by atoms with Crippen LogP contribution in [0.15, 0.2) is 0 Å². The highest BCUT2D eigenvalue weighted by atomic mass is 16.6. The Morgan fingerprint density at radius 2 is 1.57 bits per heavy atom. The van der Waals surface area contributed by atoms with E-state index in [4.69, 9.17) is 20.1 Å². The molecule has 0 aliphatic carbocycles. The van der Waals surface area contributed by atoms with Gasteiger partial charge in [0, 0.05) is 13.8 Å². The van der Waals surface area contributed by atoms with E-state index in [0.717, 1.165) is 6.92 Å². The highest BCUT2D eigenvalue weighted by molar-refractivity contribution is 5.77. The third kappa shape index (κ3) is 8.55. The van der Waals surface area contributed by atoms with E-state index in [0.29, 0.717) is 0 Å². The van der Waals surface area contributed by atoms with Crippen molar-refractivity contribution in [3.63, 3.8) is 0 Å². The third-order valence-electron chi connectivity index (χ3n) is 4.09. The fourth-order valence-electron chi connectivity index (χ4n) is 2.47. The van der Waals surface area contributed by atoms with Gasteiger partial charge in [-0.05, 0) is 0 Å². The highest BCUT2D eigenvalue weighted by Gasteiger charge is 2.43. The monoisotopic (exact) mass is 442 g/mol. The van der Waals surface area contributed by atoms with Crippen molar-refractivity contribution in [2.45, 2.75) is 68.8 Å². The summed E-state index contributed by atoms with van der Waals surface area (Å²) in [5.74, 6) is -1.02. The first kappa shape index (κ1) is 28.2. The van der Waals surface area contributed by atoms with Gasteiger partial charge in [0.2, 0.25) is 11.8 Å². The van der Waals surface area contributed by atoms with Gasteiger partial charge in [-0.15, -0.1) is 0 Å². The molecule has 1 saturated heterocycles. The number of rotatable bonds is 8. The molecule has 1 fully saturated rings. The Labute approximate surface area is 171 Å². The molecule has 14 heteroatoms. The van der Waals surface area contributed by atoms with Crippen LogP contribution in [0.4, 0.5) is 0 Å². The Balaban J connectivity index is 0.000000561. The third-order valence-corrected chi connectivity index (χ3v) is 4.09. The molecule has 30 heavy (non-hydrogen) atoms. The highest BCUT2D eigenvalue weighted by Crippen LogP contribution is 2.19. The average Bonchev–Trinajstić information content (AvgIpc) is 2.70. The van der Waals surface area contributed by atoms with Crippen LogP contribution >= 0.6 is 0 Å². The minimum Gasteiger partial charge on any atom is -0.394 e. The van der Waals surface area contributed by atoms with Crippen molar-refractivity contribution in [1.29, 1.82) is 0 Å². The van der Waals surface area contributed by atoms with Gasteiger partial charge < -0.3 is 61.0 Å². The molecule has 0 saturated carbocycles. The molecular weight excluding hydrogens is 412 g/mol. The summed E-state index contributed by atoms with van der Waals surface area (Å²) >= 11 is 0. The van der Waals surface area contributed by atoms with Crippen molar-refractivity contribution in [1.82, 2.24) is 10.6 Å². The number of ether oxygens (including phenoxy) is 1. The number of aliphatic hydroxyl groups excluding tert-OH is 8. The topological polar surface area (TPSA) is 246 Å².